The molecule has 3 aromatic rings. The van der Waals surface area contributed by atoms with Crippen molar-refractivity contribution in [2.24, 2.45) is 5.16 Å². The van der Waals surface area contributed by atoms with Gasteiger partial charge in [0.15, 0.2) is 17.1 Å². The minimum absolute atomic E-state index is 0.00241. The number of benzene rings is 1. The minimum atomic E-state index is -4.46. The molecule has 1 atom stereocenters. The second-order valence-electron chi connectivity index (χ2n) is 6.93. The van der Waals surface area contributed by atoms with Gasteiger partial charge >= 0.3 is 6.18 Å². The molecule has 162 valence electrons. The molecule has 1 aliphatic heterocycles. The number of halogens is 4. The molecule has 0 radical (unpaired) electrons. The number of hydrogen-bond donors (Lipinski definition) is 0. The van der Waals surface area contributed by atoms with E-state index in [1.54, 1.807) is 35.7 Å². The normalized spacial score (nSPS) is 16.1. The summed E-state index contributed by atoms with van der Waals surface area (Å²) in [5.74, 6) is 0.187. The first-order valence-electron chi connectivity index (χ1n) is 9.27. The van der Waals surface area contributed by atoms with Crippen LogP contribution in [0.15, 0.2) is 63.5 Å². The van der Waals surface area contributed by atoms with Crippen LogP contribution in [0, 0.1) is 0 Å². The highest BCUT2D eigenvalue weighted by Crippen LogP contribution is 2.30. The Hall–Kier alpha value is -2.78. The standard InChI is InChI=1S/C21H16ClF3N2O3S/c22-19-7-6-17(29-19)16-10-15(30-26-16)12-27(20(28)18-5-2-8-31-18)11-13-3-1-4-14(9-13)21(23,24)25/h1-9,15H,10-12H2. The number of alkyl halides is 3. The van der Waals surface area contributed by atoms with E-state index in [4.69, 9.17) is 20.9 Å². The first kappa shape index (κ1) is 21.5. The van der Waals surface area contributed by atoms with Crippen LogP contribution in [-0.2, 0) is 17.6 Å². The zero-order chi connectivity index (χ0) is 22.0. The third-order valence-electron chi connectivity index (χ3n) is 4.66. The molecule has 1 unspecified atom stereocenters. The third-order valence-corrected chi connectivity index (χ3v) is 5.72. The number of carbonyl (C=O) groups is 1. The minimum Gasteiger partial charge on any atom is -0.443 e. The number of oxime groups is 1. The molecule has 10 heteroatoms. The summed E-state index contributed by atoms with van der Waals surface area (Å²) in [6.45, 7) is 0.150. The molecule has 0 N–H and O–H groups in total. The van der Waals surface area contributed by atoms with Crippen molar-refractivity contribution < 1.29 is 27.2 Å². The predicted octanol–water partition coefficient (Wildman–Crippen LogP) is 5.85. The average Bonchev–Trinajstić information content (AvgIpc) is 3.48. The van der Waals surface area contributed by atoms with Gasteiger partial charge in [0.25, 0.3) is 5.91 Å². The van der Waals surface area contributed by atoms with E-state index in [0.717, 1.165) is 12.1 Å². The topological polar surface area (TPSA) is 55.0 Å². The van der Waals surface area contributed by atoms with Crippen LogP contribution in [0.25, 0.3) is 0 Å². The number of carbonyl (C=O) groups excluding carboxylic acids is 1. The molecular weight excluding hydrogens is 453 g/mol. The van der Waals surface area contributed by atoms with Crippen molar-refractivity contribution in [3.63, 3.8) is 0 Å². The summed E-state index contributed by atoms with van der Waals surface area (Å²) in [5.41, 5.74) is 0.169. The summed E-state index contributed by atoms with van der Waals surface area (Å²) < 4.78 is 44.6. The molecule has 5 nitrogen and oxygen atoms in total. The Labute approximate surface area is 184 Å². The molecule has 0 saturated carbocycles. The van der Waals surface area contributed by atoms with Gasteiger partial charge in [-0.1, -0.05) is 23.4 Å². The zero-order valence-corrected chi connectivity index (χ0v) is 17.5. The molecule has 4 rings (SSSR count). The van der Waals surface area contributed by atoms with E-state index in [0.29, 0.717) is 28.3 Å². The monoisotopic (exact) mass is 468 g/mol. The van der Waals surface area contributed by atoms with Gasteiger partial charge in [-0.05, 0) is 52.9 Å². The van der Waals surface area contributed by atoms with Crippen LogP contribution in [0.5, 0.6) is 0 Å². The molecule has 1 aromatic carbocycles. The van der Waals surface area contributed by atoms with E-state index in [1.807, 2.05) is 0 Å². The van der Waals surface area contributed by atoms with Crippen LogP contribution in [0.1, 0.15) is 33.0 Å². The first-order chi connectivity index (χ1) is 14.8. The third kappa shape index (κ3) is 5.11. The summed E-state index contributed by atoms with van der Waals surface area (Å²) in [6.07, 6.45) is -4.55. The fraction of sp³-hybridized carbons (Fsp3) is 0.238. The van der Waals surface area contributed by atoms with Gasteiger partial charge in [-0.3, -0.25) is 4.79 Å². The van der Waals surface area contributed by atoms with Gasteiger partial charge in [-0.25, -0.2) is 0 Å². The summed E-state index contributed by atoms with van der Waals surface area (Å²) in [5, 5.41) is 6.00. The van der Waals surface area contributed by atoms with Gasteiger partial charge in [0.1, 0.15) is 5.71 Å². The molecule has 0 aliphatic carbocycles. The van der Waals surface area contributed by atoms with Gasteiger partial charge in [0.2, 0.25) is 0 Å². The Morgan fingerprint density at radius 1 is 1.23 bits per heavy atom. The molecule has 0 bridgehead atoms. The maximum absolute atomic E-state index is 13.1. The van der Waals surface area contributed by atoms with E-state index >= 15 is 0 Å². The van der Waals surface area contributed by atoms with E-state index in [9.17, 15) is 18.0 Å². The zero-order valence-electron chi connectivity index (χ0n) is 15.9. The highest BCUT2D eigenvalue weighted by molar-refractivity contribution is 7.12. The first-order valence-corrected chi connectivity index (χ1v) is 10.5. The summed E-state index contributed by atoms with van der Waals surface area (Å²) in [4.78, 5) is 20.4. The van der Waals surface area contributed by atoms with Crippen molar-refractivity contribution >= 4 is 34.6 Å². The van der Waals surface area contributed by atoms with Crippen LogP contribution in [0.3, 0.4) is 0 Å². The maximum atomic E-state index is 13.1. The van der Waals surface area contributed by atoms with Crippen LogP contribution in [0.2, 0.25) is 5.22 Å². The highest BCUT2D eigenvalue weighted by atomic mass is 35.5. The fourth-order valence-electron chi connectivity index (χ4n) is 3.23. The van der Waals surface area contributed by atoms with Crippen LogP contribution < -0.4 is 0 Å². The number of amides is 1. The smallest absolute Gasteiger partial charge is 0.416 e. The Morgan fingerprint density at radius 3 is 2.74 bits per heavy atom. The Kier molecular flexibility index (Phi) is 6.06. The summed E-state index contributed by atoms with van der Waals surface area (Å²) in [7, 11) is 0. The fourth-order valence-corrected chi connectivity index (χ4v) is 4.07. The molecule has 2 aromatic heterocycles. The average molecular weight is 469 g/mol. The Bertz CT molecular complexity index is 1100. The second kappa shape index (κ2) is 8.76. The second-order valence-corrected chi connectivity index (χ2v) is 8.25. The lowest BCUT2D eigenvalue weighted by Gasteiger charge is -2.25. The van der Waals surface area contributed by atoms with Gasteiger partial charge in [-0.2, -0.15) is 13.2 Å². The van der Waals surface area contributed by atoms with Crippen molar-refractivity contribution in [1.29, 1.82) is 0 Å². The molecule has 3 heterocycles. The van der Waals surface area contributed by atoms with Gasteiger partial charge in [-0.15, -0.1) is 11.3 Å². The SMILES string of the molecule is O=C(c1cccs1)N(Cc1cccc(C(F)(F)F)c1)CC1CC(c2ccc(Cl)o2)=NO1. The largest absolute Gasteiger partial charge is 0.443 e. The quantitative estimate of drug-likeness (QED) is 0.456. The van der Waals surface area contributed by atoms with E-state index in [-0.39, 0.29) is 24.2 Å². The molecule has 1 amide bonds. The van der Waals surface area contributed by atoms with E-state index in [2.05, 4.69) is 5.16 Å². The van der Waals surface area contributed by atoms with Gasteiger partial charge in [0.05, 0.1) is 17.0 Å². The van der Waals surface area contributed by atoms with Gasteiger partial charge < -0.3 is 14.2 Å². The summed E-state index contributed by atoms with van der Waals surface area (Å²) >= 11 is 7.06. The number of nitrogens with zero attached hydrogens (tertiary/aromatic N) is 2. The lowest BCUT2D eigenvalue weighted by Crippen LogP contribution is -2.37. The lowest BCUT2D eigenvalue weighted by molar-refractivity contribution is -0.137. The lowest BCUT2D eigenvalue weighted by atomic mass is 10.1. The van der Waals surface area contributed by atoms with Crippen LogP contribution in [-0.4, -0.2) is 29.2 Å². The van der Waals surface area contributed by atoms with Crippen molar-refractivity contribution in [2.75, 3.05) is 6.54 Å². The highest BCUT2D eigenvalue weighted by Gasteiger charge is 2.32. The molecule has 0 fully saturated rings. The maximum Gasteiger partial charge on any atom is 0.416 e. The Morgan fingerprint density at radius 2 is 2.06 bits per heavy atom. The number of rotatable bonds is 6. The van der Waals surface area contributed by atoms with E-state index in [1.165, 1.54) is 22.3 Å². The summed E-state index contributed by atoms with van der Waals surface area (Å²) in [6, 6.07) is 11.6. The van der Waals surface area contributed by atoms with Crippen LogP contribution >= 0.6 is 22.9 Å². The Balaban J connectivity index is 1.51. The molecule has 0 saturated heterocycles. The van der Waals surface area contributed by atoms with E-state index < -0.39 is 17.8 Å². The molecule has 31 heavy (non-hydrogen) atoms. The van der Waals surface area contributed by atoms with Gasteiger partial charge in [0, 0.05) is 13.0 Å². The molecular formula is C21H16ClF3N2O3S. The van der Waals surface area contributed by atoms with Crippen molar-refractivity contribution in [1.82, 2.24) is 4.90 Å². The number of thiophene rings is 1. The molecule has 0 spiro atoms. The van der Waals surface area contributed by atoms with Crippen molar-refractivity contribution in [2.45, 2.75) is 25.2 Å². The van der Waals surface area contributed by atoms with Crippen LogP contribution in [0.4, 0.5) is 13.2 Å². The number of hydrogen-bond acceptors (Lipinski definition) is 5. The number of furan rings is 1. The van der Waals surface area contributed by atoms with Crippen molar-refractivity contribution in [3.05, 3.63) is 80.9 Å². The predicted molar refractivity (Wildman–Crippen MR) is 110 cm³/mol. The van der Waals surface area contributed by atoms with Crippen molar-refractivity contribution in [3.8, 4) is 0 Å². The molecule has 1 aliphatic rings.